The zero-order valence-electron chi connectivity index (χ0n) is 12.7. The van der Waals surface area contributed by atoms with Gasteiger partial charge in [-0.25, -0.2) is 14.4 Å². The maximum Gasteiger partial charge on any atom is 0.159 e. The zero-order chi connectivity index (χ0) is 15.0. The fraction of sp³-hybridized carbons (Fsp3) is 0.412. The molecule has 1 aliphatic carbocycles. The van der Waals surface area contributed by atoms with Crippen molar-refractivity contribution < 1.29 is 4.39 Å². The molecule has 4 heteroatoms. The second-order valence-corrected chi connectivity index (χ2v) is 5.87. The first kappa shape index (κ1) is 14.1. The van der Waals surface area contributed by atoms with Crippen LogP contribution in [0, 0.1) is 26.6 Å². The maximum absolute atomic E-state index is 13.5. The van der Waals surface area contributed by atoms with Crippen molar-refractivity contribution in [2.24, 2.45) is 0 Å². The van der Waals surface area contributed by atoms with Crippen molar-refractivity contribution in [1.82, 2.24) is 15.3 Å². The van der Waals surface area contributed by atoms with E-state index in [1.165, 1.54) is 25.0 Å². The summed E-state index contributed by atoms with van der Waals surface area (Å²) in [5.41, 5.74) is 4.70. The molecule has 3 rings (SSSR count). The summed E-state index contributed by atoms with van der Waals surface area (Å²) in [6.45, 7) is 6.67. The first-order valence-corrected chi connectivity index (χ1v) is 7.38. The van der Waals surface area contributed by atoms with Gasteiger partial charge in [-0.05, 0) is 57.4 Å². The van der Waals surface area contributed by atoms with Crippen LogP contribution in [0.5, 0.6) is 0 Å². The summed E-state index contributed by atoms with van der Waals surface area (Å²) in [7, 11) is 0. The predicted molar refractivity (Wildman–Crippen MR) is 81.5 cm³/mol. The van der Waals surface area contributed by atoms with Crippen molar-refractivity contribution in [2.75, 3.05) is 0 Å². The smallest absolute Gasteiger partial charge is 0.159 e. The van der Waals surface area contributed by atoms with Gasteiger partial charge < -0.3 is 5.32 Å². The molecule has 1 aromatic carbocycles. The van der Waals surface area contributed by atoms with Gasteiger partial charge in [-0.3, -0.25) is 0 Å². The Balaban J connectivity index is 1.92. The zero-order valence-corrected chi connectivity index (χ0v) is 12.7. The molecule has 0 saturated heterocycles. The van der Waals surface area contributed by atoms with Gasteiger partial charge in [0.15, 0.2) is 5.82 Å². The van der Waals surface area contributed by atoms with Crippen molar-refractivity contribution in [3.8, 4) is 11.4 Å². The molecule has 0 bridgehead atoms. The Morgan fingerprint density at radius 3 is 2.33 bits per heavy atom. The molecule has 0 radical (unpaired) electrons. The molecule has 1 heterocycles. The summed E-state index contributed by atoms with van der Waals surface area (Å²) < 4.78 is 13.5. The van der Waals surface area contributed by atoms with Gasteiger partial charge in [0.2, 0.25) is 0 Å². The van der Waals surface area contributed by atoms with Crippen molar-refractivity contribution in [3.05, 3.63) is 46.5 Å². The van der Waals surface area contributed by atoms with E-state index in [4.69, 9.17) is 0 Å². The van der Waals surface area contributed by atoms with Crippen LogP contribution in [-0.4, -0.2) is 16.0 Å². The van der Waals surface area contributed by atoms with Gasteiger partial charge in [0, 0.05) is 35.1 Å². The third-order valence-electron chi connectivity index (χ3n) is 3.87. The van der Waals surface area contributed by atoms with Crippen molar-refractivity contribution in [3.63, 3.8) is 0 Å². The highest BCUT2D eigenvalue weighted by Gasteiger charge is 2.21. The molecule has 0 spiro atoms. The van der Waals surface area contributed by atoms with Crippen LogP contribution in [0.3, 0.4) is 0 Å². The fourth-order valence-electron chi connectivity index (χ4n) is 2.52. The summed E-state index contributed by atoms with van der Waals surface area (Å²) in [6, 6.07) is 5.58. The van der Waals surface area contributed by atoms with E-state index in [1.807, 2.05) is 26.8 Å². The number of halogens is 1. The molecule has 0 unspecified atom stereocenters. The van der Waals surface area contributed by atoms with Crippen molar-refractivity contribution in [2.45, 2.75) is 46.2 Å². The normalized spacial score (nSPS) is 14.5. The fourth-order valence-corrected chi connectivity index (χ4v) is 2.52. The van der Waals surface area contributed by atoms with Crippen molar-refractivity contribution >= 4 is 0 Å². The van der Waals surface area contributed by atoms with Gasteiger partial charge in [0.1, 0.15) is 5.82 Å². The summed E-state index contributed by atoms with van der Waals surface area (Å²) in [6.07, 6.45) is 2.53. The number of benzene rings is 1. The molecule has 0 aliphatic heterocycles. The van der Waals surface area contributed by atoms with E-state index in [2.05, 4.69) is 15.3 Å². The lowest BCUT2D eigenvalue weighted by Crippen LogP contribution is -2.18. The van der Waals surface area contributed by atoms with Crippen LogP contribution >= 0.6 is 0 Å². The van der Waals surface area contributed by atoms with Crippen LogP contribution in [0.25, 0.3) is 11.4 Å². The van der Waals surface area contributed by atoms with Crippen LogP contribution in [0.4, 0.5) is 4.39 Å². The highest BCUT2D eigenvalue weighted by atomic mass is 19.1. The van der Waals surface area contributed by atoms with Gasteiger partial charge >= 0.3 is 0 Å². The van der Waals surface area contributed by atoms with Gasteiger partial charge in [-0.15, -0.1) is 0 Å². The number of aromatic nitrogens is 2. The monoisotopic (exact) mass is 285 g/mol. The number of nitrogens with zero attached hydrogens (tertiary/aromatic N) is 2. The molecule has 0 atom stereocenters. The Morgan fingerprint density at radius 1 is 1.10 bits per heavy atom. The lowest BCUT2D eigenvalue weighted by molar-refractivity contribution is 0.627. The summed E-state index contributed by atoms with van der Waals surface area (Å²) in [5, 5.41) is 3.49. The Hall–Kier alpha value is -1.81. The standard InChI is InChI=1S/C17H20FN3/c1-10-6-13(8-14(18)7-10)17-20-11(2)16(12(3)21-17)9-19-15-4-5-15/h6-8,15,19H,4-5,9H2,1-3H3. The highest BCUT2D eigenvalue weighted by molar-refractivity contribution is 5.57. The third-order valence-corrected chi connectivity index (χ3v) is 3.87. The molecular weight excluding hydrogens is 265 g/mol. The van der Waals surface area contributed by atoms with Gasteiger partial charge in [0.25, 0.3) is 0 Å². The lowest BCUT2D eigenvalue weighted by Gasteiger charge is -2.12. The van der Waals surface area contributed by atoms with Crippen LogP contribution < -0.4 is 5.32 Å². The topological polar surface area (TPSA) is 37.8 Å². The Morgan fingerprint density at radius 2 is 1.76 bits per heavy atom. The van der Waals surface area contributed by atoms with Crippen molar-refractivity contribution in [1.29, 1.82) is 0 Å². The van der Waals surface area contributed by atoms with E-state index in [1.54, 1.807) is 0 Å². The van der Waals surface area contributed by atoms with Gasteiger partial charge in [0.05, 0.1) is 0 Å². The first-order chi connectivity index (χ1) is 10.0. The molecule has 1 aromatic heterocycles. The largest absolute Gasteiger partial charge is 0.310 e. The number of nitrogens with one attached hydrogen (secondary N) is 1. The molecular formula is C17H20FN3. The number of hydrogen-bond acceptors (Lipinski definition) is 3. The number of aryl methyl sites for hydroxylation is 3. The van der Waals surface area contributed by atoms with E-state index in [9.17, 15) is 4.39 Å². The molecule has 21 heavy (non-hydrogen) atoms. The van der Waals surface area contributed by atoms with Crippen LogP contribution in [0.1, 0.15) is 35.4 Å². The number of rotatable bonds is 4. The van der Waals surface area contributed by atoms with Crippen LogP contribution in [0.15, 0.2) is 18.2 Å². The third kappa shape index (κ3) is 3.27. The molecule has 1 N–H and O–H groups in total. The minimum atomic E-state index is -0.247. The van der Waals surface area contributed by atoms with Gasteiger partial charge in [-0.2, -0.15) is 0 Å². The Labute approximate surface area is 124 Å². The molecule has 1 aliphatic rings. The molecule has 1 fully saturated rings. The van der Waals surface area contributed by atoms with Crippen LogP contribution in [-0.2, 0) is 6.54 Å². The average molecular weight is 285 g/mol. The Bertz CT molecular complexity index is 634. The molecule has 110 valence electrons. The highest BCUT2D eigenvalue weighted by Crippen LogP contribution is 2.23. The van der Waals surface area contributed by atoms with E-state index >= 15 is 0 Å². The second-order valence-electron chi connectivity index (χ2n) is 5.87. The van der Waals surface area contributed by atoms with E-state index in [-0.39, 0.29) is 5.82 Å². The Kier molecular flexibility index (Phi) is 3.72. The lowest BCUT2D eigenvalue weighted by atomic mass is 10.1. The molecule has 1 saturated carbocycles. The van der Waals surface area contributed by atoms with E-state index < -0.39 is 0 Å². The van der Waals surface area contributed by atoms with Gasteiger partial charge in [-0.1, -0.05) is 0 Å². The summed E-state index contributed by atoms with van der Waals surface area (Å²) in [4.78, 5) is 9.13. The SMILES string of the molecule is Cc1cc(F)cc(-c2nc(C)c(CNC3CC3)c(C)n2)c1. The van der Waals surface area contributed by atoms with E-state index in [0.717, 1.165) is 34.6 Å². The summed E-state index contributed by atoms with van der Waals surface area (Å²) >= 11 is 0. The minimum absolute atomic E-state index is 0.247. The molecule has 3 nitrogen and oxygen atoms in total. The maximum atomic E-state index is 13.5. The summed E-state index contributed by atoms with van der Waals surface area (Å²) in [5.74, 6) is 0.353. The first-order valence-electron chi connectivity index (χ1n) is 7.38. The molecule has 2 aromatic rings. The average Bonchev–Trinajstić information content (AvgIpc) is 3.20. The quantitative estimate of drug-likeness (QED) is 0.935. The number of hydrogen-bond donors (Lipinski definition) is 1. The van der Waals surface area contributed by atoms with E-state index in [0.29, 0.717) is 11.9 Å². The van der Waals surface area contributed by atoms with Crippen LogP contribution in [0.2, 0.25) is 0 Å². The predicted octanol–water partition coefficient (Wildman–Crippen LogP) is 3.46. The minimum Gasteiger partial charge on any atom is -0.310 e. The molecule has 0 amide bonds. The second kappa shape index (κ2) is 5.53.